The third-order valence-electron chi connectivity index (χ3n) is 2.52. The van der Waals surface area contributed by atoms with Gasteiger partial charge in [0.1, 0.15) is 0 Å². The summed E-state index contributed by atoms with van der Waals surface area (Å²) in [5, 5.41) is 0. The minimum absolute atomic E-state index is 0.864. The van der Waals surface area contributed by atoms with Crippen LogP contribution in [0.1, 0.15) is 79.4 Å². The van der Waals surface area contributed by atoms with Crippen LogP contribution in [-0.4, -0.2) is 0 Å². The van der Waals surface area contributed by atoms with Gasteiger partial charge in [-0.15, -0.1) is 0 Å². The molecule has 0 aliphatic rings. The molecule has 0 N–H and O–H groups in total. The Bertz CT molecular complexity index is 149. The van der Waals surface area contributed by atoms with Crippen molar-refractivity contribution in [2.45, 2.75) is 78.1 Å². The van der Waals surface area contributed by atoms with Crippen molar-refractivity contribution < 1.29 is 1.37 Å². The summed E-state index contributed by atoms with van der Waals surface area (Å²) in [6.07, 6.45) is 14.6. The molecule has 0 aromatic heterocycles. The Morgan fingerprint density at radius 1 is 0.786 bits per heavy atom. The predicted octanol–water partition coefficient (Wildman–Crippen LogP) is 5.48. The van der Waals surface area contributed by atoms with E-state index < -0.39 is 0 Å². The molecule has 0 unspecified atom stereocenters. The maximum atomic E-state index is 7.75. The first kappa shape index (κ1) is 11.8. The first-order valence-electron chi connectivity index (χ1n) is 6.96. The van der Waals surface area contributed by atoms with Crippen LogP contribution in [0.5, 0.6) is 0 Å². The van der Waals surface area contributed by atoms with Crippen molar-refractivity contribution in [3.63, 3.8) is 0 Å². The highest BCUT2D eigenvalue weighted by Crippen LogP contribution is 2.05. The molecule has 0 fully saturated rings. The Balaban J connectivity index is 3.27. The van der Waals surface area contributed by atoms with Gasteiger partial charge in [-0.05, 0) is 25.7 Å². The van der Waals surface area contributed by atoms with Gasteiger partial charge < -0.3 is 0 Å². The minimum atomic E-state index is 0.864. The average Bonchev–Trinajstić information content (AvgIpc) is 2.24. The van der Waals surface area contributed by atoms with Crippen LogP contribution in [0.4, 0.5) is 0 Å². The van der Waals surface area contributed by atoms with Crippen LogP contribution in [-0.2, 0) is 0 Å². The van der Waals surface area contributed by atoms with Crippen LogP contribution in [0.2, 0.25) is 0 Å². The fourth-order valence-electron chi connectivity index (χ4n) is 1.53. The zero-order valence-electron chi connectivity index (χ0n) is 11.1. The summed E-state index contributed by atoms with van der Waals surface area (Å²) < 4.78 is 7.75. The SMILES string of the molecule is [2H]/C(=C/CCCCCC)CCCCCC. The van der Waals surface area contributed by atoms with Crippen LogP contribution in [0, 0.1) is 0 Å². The van der Waals surface area contributed by atoms with Crippen molar-refractivity contribution in [1.29, 1.82) is 0 Å². The third-order valence-corrected chi connectivity index (χ3v) is 2.52. The van der Waals surface area contributed by atoms with Crippen LogP contribution < -0.4 is 0 Å². The Morgan fingerprint density at radius 3 is 1.93 bits per heavy atom. The van der Waals surface area contributed by atoms with Crippen molar-refractivity contribution in [2.75, 3.05) is 0 Å². The van der Waals surface area contributed by atoms with Crippen LogP contribution in [0.15, 0.2) is 12.1 Å². The lowest BCUT2D eigenvalue weighted by Crippen LogP contribution is -1.75. The van der Waals surface area contributed by atoms with E-state index in [4.69, 9.17) is 1.37 Å². The maximum Gasteiger partial charge on any atom is 0.0572 e. The van der Waals surface area contributed by atoms with Crippen LogP contribution in [0.3, 0.4) is 0 Å². The molecule has 0 rings (SSSR count). The van der Waals surface area contributed by atoms with Gasteiger partial charge in [0.15, 0.2) is 0 Å². The number of unbranched alkanes of at least 4 members (excludes halogenated alkanes) is 7. The Kier molecular flexibility index (Phi) is 10.7. The summed E-state index contributed by atoms with van der Waals surface area (Å²) in [7, 11) is 0. The molecule has 0 nitrogen and oxygen atoms in total. The van der Waals surface area contributed by atoms with Gasteiger partial charge in [-0.1, -0.05) is 64.5 Å². The monoisotopic (exact) mass is 197 g/mol. The van der Waals surface area contributed by atoms with Gasteiger partial charge in [0, 0.05) is 0 Å². The molecule has 0 amide bonds. The number of hydrogen-bond acceptors (Lipinski definition) is 0. The van der Waals surface area contributed by atoms with Gasteiger partial charge in [0.25, 0.3) is 0 Å². The average molecular weight is 197 g/mol. The molecule has 0 saturated heterocycles. The first-order valence-corrected chi connectivity index (χ1v) is 6.46. The van der Waals surface area contributed by atoms with E-state index in [1.165, 1.54) is 51.4 Å². The topological polar surface area (TPSA) is 0 Å². The molecule has 0 saturated carbocycles. The summed E-state index contributed by atoms with van der Waals surface area (Å²) >= 11 is 0. The first-order chi connectivity index (χ1) is 7.31. The van der Waals surface area contributed by atoms with E-state index in [9.17, 15) is 0 Å². The van der Waals surface area contributed by atoms with E-state index in [1.807, 2.05) is 0 Å². The van der Waals surface area contributed by atoms with Crippen molar-refractivity contribution in [1.82, 2.24) is 0 Å². The second-order valence-electron chi connectivity index (χ2n) is 4.07. The molecule has 0 atom stereocenters. The van der Waals surface area contributed by atoms with Gasteiger partial charge >= 0.3 is 0 Å². The smallest absolute Gasteiger partial charge is 0.0572 e. The third kappa shape index (κ3) is 11.7. The van der Waals surface area contributed by atoms with E-state index >= 15 is 0 Å². The van der Waals surface area contributed by atoms with Crippen LogP contribution >= 0.6 is 0 Å². The summed E-state index contributed by atoms with van der Waals surface area (Å²) in [5.74, 6) is 0. The van der Waals surface area contributed by atoms with Gasteiger partial charge in [-0.2, -0.15) is 0 Å². The van der Waals surface area contributed by atoms with Gasteiger partial charge in [0.05, 0.1) is 1.37 Å². The maximum absolute atomic E-state index is 7.75. The van der Waals surface area contributed by atoms with E-state index in [0.717, 1.165) is 18.9 Å². The number of allylic oxidation sites excluding steroid dienone is 2. The molecule has 0 radical (unpaired) electrons. The highest BCUT2D eigenvalue weighted by molar-refractivity contribution is 4.81. The second-order valence-corrected chi connectivity index (χ2v) is 4.07. The van der Waals surface area contributed by atoms with E-state index in [0.29, 0.717) is 0 Å². The van der Waals surface area contributed by atoms with Crippen molar-refractivity contribution in [2.24, 2.45) is 0 Å². The molecule has 84 valence electrons. The zero-order valence-corrected chi connectivity index (χ0v) is 10.1. The predicted molar refractivity (Wildman–Crippen MR) is 66.7 cm³/mol. The van der Waals surface area contributed by atoms with Crippen molar-refractivity contribution in [3.8, 4) is 0 Å². The summed E-state index contributed by atoms with van der Waals surface area (Å²) in [5.41, 5.74) is 0. The molecule has 14 heavy (non-hydrogen) atoms. The second kappa shape index (κ2) is 12.7. The summed E-state index contributed by atoms with van der Waals surface area (Å²) in [4.78, 5) is 0. The quantitative estimate of drug-likeness (QED) is 0.321. The minimum Gasteiger partial charge on any atom is -0.0885 e. The molecule has 0 aliphatic heterocycles. The van der Waals surface area contributed by atoms with E-state index in [1.54, 1.807) is 0 Å². The Labute approximate surface area is 92.2 Å². The molecular weight excluding hydrogens is 168 g/mol. The molecule has 0 heteroatoms. The highest BCUT2D eigenvalue weighted by Gasteiger charge is 1.86. The number of hydrogen-bond donors (Lipinski definition) is 0. The largest absolute Gasteiger partial charge is 0.0885 e. The molecule has 0 aromatic rings. The molecular formula is C14H28. The molecule has 0 aliphatic carbocycles. The van der Waals surface area contributed by atoms with Crippen LogP contribution in [0.25, 0.3) is 0 Å². The number of rotatable bonds is 10. The van der Waals surface area contributed by atoms with E-state index in [-0.39, 0.29) is 0 Å². The van der Waals surface area contributed by atoms with E-state index in [2.05, 4.69) is 19.9 Å². The fourth-order valence-corrected chi connectivity index (χ4v) is 1.53. The summed E-state index contributed by atoms with van der Waals surface area (Å²) in [6, 6.07) is 0.864. The zero-order chi connectivity index (χ0) is 11.4. The normalized spacial score (nSPS) is 13.0. The van der Waals surface area contributed by atoms with Gasteiger partial charge in [0.2, 0.25) is 0 Å². The standard InChI is InChI=1S/C14H28/c1-3-5-7-9-11-13-14-12-10-8-6-4-2/h13-14H,3-12H2,1-2H3/b14-13-/i13D. The molecule has 0 heterocycles. The molecule has 0 aromatic carbocycles. The van der Waals surface area contributed by atoms with Crippen molar-refractivity contribution >= 4 is 0 Å². The van der Waals surface area contributed by atoms with Gasteiger partial charge in [-0.3, -0.25) is 0 Å². The lowest BCUT2D eigenvalue weighted by molar-refractivity contribution is 0.665. The molecule has 0 bridgehead atoms. The van der Waals surface area contributed by atoms with Gasteiger partial charge in [-0.25, -0.2) is 0 Å². The summed E-state index contributed by atoms with van der Waals surface area (Å²) in [6.45, 7) is 4.46. The van der Waals surface area contributed by atoms with Crippen molar-refractivity contribution in [3.05, 3.63) is 12.1 Å². The lowest BCUT2D eigenvalue weighted by atomic mass is 10.1. The highest BCUT2D eigenvalue weighted by atomic mass is 13.9. The fraction of sp³-hybridized carbons (Fsp3) is 0.857. The lowest BCUT2D eigenvalue weighted by Gasteiger charge is -1.95. The Morgan fingerprint density at radius 2 is 1.36 bits per heavy atom. The Hall–Kier alpha value is -0.260. The molecule has 0 spiro atoms.